The minimum atomic E-state index is -0.922. The van der Waals surface area contributed by atoms with Gasteiger partial charge in [-0.05, 0) is 62.1 Å². The average Bonchev–Trinajstić information content (AvgIpc) is 3.66. The molecule has 0 spiro atoms. The standard InChI is InChI=1S/C36H35F3N6O3S/c1-2-28(46)45-16-15-43(19-22(45)11-13-40)34-26-10-9-25(24-5-3-6-27-29(24)30(38)33(39)49-27)32(48-23-7-8-23)31(26)41-35(42-34)47-20-36-12-4-14-44(36)18-21(37)17-36/h2-3,5-6,9-10,21-23H,1,4,7-8,11-12,14-20H2/t21-,22+,36+/m1/s1. The molecule has 8 rings (SSSR count). The van der Waals surface area contributed by atoms with Gasteiger partial charge in [-0.3, -0.25) is 9.69 Å². The number of carbonyl (C=O) groups excluding carboxylic acids is 1. The molecule has 254 valence electrons. The number of carbonyl (C=O) groups is 1. The summed E-state index contributed by atoms with van der Waals surface area (Å²) >= 11 is 0.758. The molecule has 0 unspecified atom stereocenters. The zero-order valence-electron chi connectivity index (χ0n) is 26.8. The van der Waals surface area contributed by atoms with Gasteiger partial charge in [0.15, 0.2) is 11.6 Å². The summed E-state index contributed by atoms with van der Waals surface area (Å²) in [5.74, 6) is -0.177. The van der Waals surface area contributed by atoms with Crippen molar-refractivity contribution in [1.29, 1.82) is 5.26 Å². The molecule has 0 radical (unpaired) electrons. The zero-order valence-corrected chi connectivity index (χ0v) is 27.7. The predicted molar refractivity (Wildman–Crippen MR) is 181 cm³/mol. The van der Waals surface area contributed by atoms with Crippen molar-refractivity contribution in [3.8, 4) is 29.0 Å². The second kappa shape index (κ2) is 12.5. The van der Waals surface area contributed by atoms with Crippen LogP contribution in [-0.4, -0.2) is 88.9 Å². The van der Waals surface area contributed by atoms with Gasteiger partial charge in [0, 0.05) is 53.6 Å². The maximum atomic E-state index is 15.2. The van der Waals surface area contributed by atoms with Crippen LogP contribution in [0.4, 0.5) is 19.0 Å². The largest absolute Gasteiger partial charge is 0.487 e. The number of hydrogen-bond acceptors (Lipinski definition) is 9. The van der Waals surface area contributed by atoms with Crippen molar-refractivity contribution in [1.82, 2.24) is 19.8 Å². The molecule has 3 atom stereocenters. The van der Waals surface area contributed by atoms with Crippen LogP contribution in [0, 0.1) is 22.3 Å². The number of aromatic nitrogens is 2. The molecule has 1 amide bonds. The Morgan fingerprint density at radius 3 is 2.80 bits per heavy atom. The first-order valence-electron chi connectivity index (χ1n) is 16.7. The zero-order chi connectivity index (χ0) is 33.9. The third-order valence-corrected chi connectivity index (χ3v) is 11.2. The number of amides is 1. The van der Waals surface area contributed by atoms with Crippen LogP contribution in [0.1, 0.15) is 38.5 Å². The summed E-state index contributed by atoms with van der Waals surface area (Å²) in [5.41, 5.74) is 1.08. The van der Waals surface area contributed by atoms with Gasteiger partial charge >= 0.3 is 6.01 Å². The predicted octanol–water partition coefficient (Wildman–Crippen LogP) is 6.40. The Hall–Kier alpha value is -4.41. The molecule has 2 aromatic carbocycles. The summed E-state index contributed by atoms with van der Waals surface area (Å²) in [7, 11) is 0. The molecule has 3 aliphatic heterocycles. The lowest BCUT2D eigenvalue weighted by molar-refractivity contribution is -0.128. The number of hydrogen-bond donors (Lipinski definition) is 0. The molecule has 1 saturated carbocycles. The molecule has 5 heterocycles. The quantitative estimate of drug-likeness (QED) is 0.187. The van der Waals surface area contributed by atoms with E-state index in [1.165, 1.54) is 6.08 Å². The Balaban J connectivity index is 1.27. The van der Waals surface area contributed by atoms with Gasteiger partial charge in [-0.15, -0.1) is 11.3 Å². The van der Waals surface area contributed by atoms with E-state index >= 15 is 4.39 Å². The fourth-order valence-corrected chi connectivity index (χ4v) is 8.65. The SMILES string of the molecule is C=CC(=O)N1CCN(c2nc(OC[C@@]34CCCN3C[C@H](F)C4)nc3c(OC4CC4)c(-c4cccc5sc(F)c(F)c45)ccc23)C[C@@H]1CC#N. The topological polar surface area (TPSA) is 94.8 Å². The van der Waals surface area contributed by atoms with Crippen LogP contribution in [0.5, 0.6) is 11.8 Å². The molecule has 9 nitrogen and oxygen atoms in total. The molecular formula is C36H35F3N6O3S. The average molecular weight is 689 g/mol. The van der Waals surface area contributed by atoms with Crippen LogP contribution in [0.25, 0.3) is 32.1 Å². The highest BCUT2D eigenvalue weighted by Crippen LogP contribution is 2.46. The molecule has 0 bridgehead atoms. The van der Waals surface area contributed by atoms with E-state index in [0.29, 0.717) is 70.9 Å². The van der Waals surface area contributed by atoms with Gasteiger partial charge in [0.05, 0.1) is 30.2 Å². The first kappa shape index (κ1) is 31.8. The third-order valence-electron chi connectivity index (χ3n) is 10.3. The summed E-state index contributed by atoms with van der Waals surface area (Å²) in [6.45, 7) is 6.15. The Kier molecular flexibility index (Phi) is 8.11. The van der Waals surface area contributed by atoms with Gasteiger partial charge in [-0.1, -0.05) is 18.7 Å². The van der Waals surface area contributed by atoms with Crippen LogP contribution in [0.2, 0.25) is 0 Å². The van der Waals surface area contributed by atoms with Gasteiger partial charge in [-0.2, -0.15) is 19.6 Å². The van der Waals surface area contributed by atoms with E-state index in [-0.39, 0.29) is 36.4 Å². The lowest BCUT2D eigenvalue weighted by Crippen LogP contribution is -2.55. The fraction of sp³-hybridized carbons (Fsp3) is 0.444. The molecule has 4 fully saturated rings. The van der Waals surface area contributed by atoms with Crippen LogP contribution in [-0.2, 0) is 4.79 Å². The van der Waals surface area contributed by atoms with E-state index in [9.17, 15) is 18.8 Å². The molecule has 3 saturated heterocycles. The van der Waals surface area contributed by atoms with Gasteiger partial charge < -0.3 is 19.3 Å². The Bertz CT molecular complexity index is 2010. The molecule has 49 heavy (non-hydrogen) atoms. The van der Waals surface area contributed by atoms with Gasteiger partial charge in [0.25, 0.3) is 0 Å². The van der Waals surface area contributed by atoms with Crippen LogP contribution >= 0.6 is 11.3 Å². The van der Waals surface area contributed by atoms with E-state index in [2.05, 4.69) is 17.5 Å². The maximum absolute atomic E-state index is 15.2. The number of alkyl halides is 1. The number of fused-ring (bicyclic) bond motifs is 3. The van der Waals surface area contributed by atoms with Crippen LogP contribution < -0.4 is 14.4 Å². The van der Waals surface area contributed by atoms with Crippen molar-refractivity contribution in [3.05, 3.63) is 53.9 Å². The van der Waals surface area contributed by atoms with Crippen molar-refractivity contribution in [2.24, 2.45) is 0 Å². The van der Waals surface area contributed by atoms with Gasteiger partial charge in [0.2, 0.25) is 11.0 Å². The monoisotopic (exact) mass is 688 g/mol. The fourth-order valence-electron chi connectivity index (χ4n) is 7.81. The number of ether oxygens (including phenoxy) is 2. The number of nitriles is 1. The first-order valence-corrected chi connectivity index (χ1v) is 17.6. The van der Waals surface area contributed by atoms with E-state index in [0.717, 1.165) is 43.6 Å². The smallest absolute Gasteiger partial charge is 0.319 e. The minimum absolute atomic E-state index is 0.0604. The molecule has 0 N–H and O–H groups in total. The van der Waals surface area contributed by atoms with Crippen LogP contribution in [0.3, 0.4) is 0 Å². The Morgan fingerprint density at radius 2 is 2.00 bits per heavy atom. The highest BCUT2D eigenvalue weighted by Gasteiger charge is 2.49. The number of rotatable bonds is 9. The second-order valence-corrected chi connectivity index (χ2v) is 14.4. The molecular weight excluding hydrogens is 653 g/mol. The van der Waals surface area contributed by atoms with Gasteiger partial charge in [0.1, 0.15) is 24.1 Å². The van der Waals surface area contributed by atoms with Crippen molar-refractivity contribution >= 4 is 44.1 Å². The van der Waals surface area contributed by atoms with Crippen molar-refractivity contribution in [2.75, 3.05) is 44.2 Å². The first-order chi connectivity index (χ1) is 23.8. The lowest BCUT2D eigenvalue weighted by atomic mass is 9.95. The highest BCUT2D eigenvalue weighted by molar-refractivity contribution is 7.17. The number of benzene rings is 2. The molecule has 13 heteroatoms. The highest BCUT2D eigenvalue weighted by atomic mass is 32.1. The molecule has 4 aliphatic rings. The Labute approximate surface area is 285 Å². The lowest BCUT2D eigenvalue weighted by Gasteiger charge is -2.41. The minimum Gasteiger partial charge on any atom is -0.487 e. The van der Waals surface area contributed by atoms with Crippen LogP contribution in [0.15, 0.2) is 43.0 Å². The third kappa shape index (κ3) is 5.64. The molecule has 2 aromatic heterocycles. The second-order valence-electron chi connectivity index (χ2n) is 13.4. The van der Waals surface area contributed by atoms with Crippen molar-refractivity contribution in [2.45, 2.75) is 62.4 Å². The van der Waals surface area contributed by atoms with Crippen molar-refractivity contribution in [3.63, 3.8) is 0 Å². The normalized spacial score (nSPS) is 24.0. The summed E-state index contributed by atoms with van der Waals surface area (Å²) in [6.07, 6.45) is 4.26. The number of anilines is 1. The number of thiophene rings is 1. The Morgan fingerprint density at radius 1 is 1.14 bits per heavy atom. The summed E-state index contributed by atoms with van der Waals surface area (Å²) < 4.78 is 57.8. The van der Waals surface area contributed by atoms with E-state index in [1.54, 1.807) is 23.1 Å². The summed E-state index contributed by atoms with van der Waals surface area (Å²) in [5, 5.41) is 9.57. The maximum Gasteiger partial charge on any atom is 0.319 e. The van der Waals surface area contributed by atoms with E-state index < -0.39 is 28.7 Å². The summed E-state index contributed by atoms with van der Waals surface area (Å²) in [6, 6.07) is 10.8. The van der Waals surface area contributed by atoms with Crippen molar-refractivity contribution < 1.29 is 27.4 Å². The van der Waals surface area contributed by atoms with E-state index in [1.807, 2.05) is 17.0 Å². The summed E-state index contributed by atoms with van der Waals surface area (Å²) in [4.78, 5) is 28.3. The molecule has 1 aliphatic carbocycles. The van der Waals surface area contributed by atoms with Gasteiger partial charge in [-0.25, -0.2) is 8.78 Å². The number of halogens is 3. The van der Waals surface area contributed by atoms with E-state index in [4.69, 9.17) is 19.4 Å². The molecule has 4 aromatic rings. The number of piperazine rings is 1. The number of nitrogens with zero attached hydrogens (tertiary/aromatic N) is 6.